The highest BCUT2D eigenvalue weighted by Gasteiger charge is 2.18. The van der Waals surface area contributed by atoms with E-state index < -0.39 is 16.1 Å². The van der Waals surface area contributed by atoms with Crippen molar-refractivity contribution >= 4 is 27.4 Å². The summed E-state index contributed by atoms with van der Waals surface area (Å²) in [6.07, 6.45) is -0.761. The highest BCUT2D eigenvalue weighted by Crippen LogP contribution is 2.23. The molecule has 0 saturated heterocycles. The molecule has 4 aromatic rings. The number of anilines is 2. The van der Waals surface area contributed by atoms with Crippen LogP contribution in [-0.2, 0) is 14.8 Å². The molecule has 0 fully saturated rings. The molecule has 0 aliphatic rings. The van der Waals surface area contributed by atoms with E-state index in [9.17, 15) is 13.2 Å². The van der Waals surface area contributed by atoms with E-state index in [4.69, 9.17) is 9.26 Å². The van der Waals surface area contributed by atoms with Crippen molar-refractivity contribution in [3.05, 3.63) is 90.7 Å². The minimum atomic E-state index is -3.84. The summed E-state index contributed by atoms with van der Waals surface area (Å²) in [5, 5.41) is 6.35. The fourth-order valence-electron chi connectivity index (χ4n) is 3.19. The second kappa shape index (κ2) is 9.80. The summed E-state index contributed by atoms with van der Waals surface area (Å²) in [6, 6.07) is 24.7. The first-order chi connectivity index (χ1) is 16.3. The number of aryl methyl sites for hydroxylation is 1. The molecule has 2 N–H and O–H groups in total. The highest BCUT2D eigenvalue weighted by atomic mass is 32.2. The minimum Gasteiger partial charge on any atom is -0.481 e. The minimum absolute atomic E-state index is 0.0222. The summed E-state index contributed by atoms with van der Waals surface area (Å²) in [5.41, 5.74) is 2.58. The number of hydrogen-bond acceptors (Lipinski definition) is 6. The number of hydrogen-bond donors (Lipinski definition) is 2. The predicted octanol–water partition coefficient (Wildman–Crippen LogP) is 4.86. The van der Waals surface area contributed by atoms with Crippen LogP contribution in [0.4, 0.5) is 11.5 Å². The molecule has 3 aromatic carbocycles. The Balaban J connectivity index is 1.35. The van der Waals surface area contributed by atoms with Crippen LogP contribution < -0.4 is 14.8 Å². The quantitative estimate of drug-likeness (QED) is 0.375. The van der Waals surface area contributed by atoms with E-state index >= 15 is 0 Å². The maximum Gasteiger partial charge on any atom is 0.265 e. The number of carbonyl (C=O) groups excluding carboxylic acids is 1. The van der Waals surface area contributed by atoms with E-state index in [1.54, 1.807) is 13.8 Å². The van der Waals surface area contributed by atoms with Crippen molar-refractivity contribution in [3.63, 3.8) is 0 Å². The molecule has 0 radical (unpaired) electrons. The lowest BCUT2D eigenvalue weighted by atomic mass is 10.1. The first-order valence-corrected chi connectivity index (χ1v) is 12.0. The monoisotopic (exact) mass is 477 g/mol. The van der Waals surface area contributed by atoms with Crippen LogP contribution in [0.3, 0.4) is 0 Å². The summed E-state index contributed by atoms with van der Waals surface area (Å²) in [5.74, 6) is 0.786. The van der Waals surface area contributed by atoms with Gasteiger partial charge in [-0.25, -0.2) is 8.42 Å². The van der Waals surface area contributed by atoms with Crippen molar-refractivity contribution in [3.8, 4) is 16.9 Å². The van der Waals surface area contributed by atoms with Crippen molar-refractivity contribution in [2.75, 3.05) is 10.0 Å². The number of ether oxygens (including phenoxy) is 1. The summed E-state index contributed by atoms with van der Waals surface area (Å²) < 4.78 is 37.9. The number of amides is 1. The number of nitrogens with zero attached hydrogens (tertiary/aromatic N) is 1. The molecule has 0 aliphatic carbocycles. The van der Waals surface area contributed by atoms with Gasteiger partial charge in [-0.2, -0.15) is 0 Å². The Morgan fingerprint density at radius 3 is 2.21 bits per heavy atom. The fraction of sp³-hybridized carbons (Fsp3) is 0.120. The van der Waals surface area contributed by atoms with Gasteiger partial charge in [0.05, 0.1) is 4.90 Å². The van der Waals surface area contributed by atoms with Crippen molar-refractivity contribution in [2.24, 2.45) is 0 Å². The molecule has 0 saturated carbocycles. The average molecular weight is 478 g/mol. The molecule has 0 spiro atoms. The number of nitrogens with one attached hydrogen (secondary N) is 2. The van der Waals surface area contributed by atoms with Gasteiger partial charge < -0.3 is 14.6 Å². The maximum absolute atomic E-state index is 12.5. The van der Waals surface area contributed by atoms with Crippen LogP contribution in [0.5, 0.6) is 5.75 Å². The lowest BCUT2D eigenvalue weighted by molar-refractivity contribution is -0.122. The molecule has 1 amide bonds. The van der Waals surface area contributed by atoms with Gasteiger partial charge >= 0.3 is 0 Å². The molecule has 1 heterocycles. The molecule has 1 aromatic heterocycles. The molecular weight excluding hydrogens is 454 g/mol. The van der Waals surface area contributed by atoms with Gasteiger partial charge in [-0.1, -0.05) is 47.6 Å². The summed E-state index contributed by atoms with van der Waals surface area (Å²) in [4.78, 5) is 12.6. The molecule has 174 valence electrons. The van der Waals surface area contributed by atoms with Crippen LogP contribution in [0.2, 0.25) is 0 Å². The SMILES string of the molecule is Cc1cc(NS(=O)(=O)c2ccc(NC(=O)[C@H](C)Oc3ccc(-c4ccccc4)cc3)cc2)no1. The Labute approximate surface area is 197 Å². The zero-order valence-corrected chi connectivity index (χ0v) is 19.4. The molecule has 0 unspecified atom stereocenters. The molecule has 0 bridgehead atoms. The number of aromatic nitrogens is 1. The first-order valence-electron chi connectivity index (χ1n) is 10.5. The molecule has 1 atom stereocenters. The Kier molecular flexibility index (Phi) is 6.65. The van der Waals surface area contributed by atoms with E-state index in [0.717, 1.165) is 11.1 Å². The maximum atomic E-state index is 12.5. The van der Waals surface area contributed by atoms with Crippen molar-refractivity contribution in [1.82, 2.24) is 5.16 Å². The summed E-state index contributed by atoms with van der Waals surface area (Å²) in [7, 11) is -3.84. The second-order valence-corrected chi connectivity index (χ2v) is 9.27. The van der Waals surface area contributed by atoms with E-state index in [1.807, 2.05) is 54.6 Å². The molecule has 8 nitrogen and oxygen atoms in total. The van der Waals surface area contributed by atoms with E-state index in [-0.39, 0.29) is 16.6 Å². The molecule has 9 heteroatoms. The van der Waals surface area contributed by atoms with Gasteiger partial charge in [0.1, 0.15) is 11.5 Å². The van der Waals surface area contributed by atoms with Crippen LogP contribution in [-0.4, -0.2) is 25.6 Å². The van der Waals surface area contributed by atoms with Crippen LogP contribution >= 0.6 is 0 Å². The van der Waals surface area contributed by atoms with Crippen LogP contribution in [0.25, 0.3) is 11.1 Å². The van der Waals surface area contributed by atoms with E-state index in [1.165, 1.54) is 30.3 Å². The number of carbonyl (C=O) groups is 1. The lowest BCUT2D eigenvalue weighted by Crippen LogP contribution is -2.30. The molecule has 4 rings (SSSR count). The largest absolute Gasteiger partial charge is 0.481 e. The third kappa shape index (κ3) is 5.62. The van der Waals surface area contributed by atoms with Gasteiger partial charge in [0.25, 0.3) is 15.9 Å². The smallest absolute Gasteiger partial charge is 0.265 e. The number of benzene rings is 3. The fourth-order valence-corrected chi connectivity index (χ4v) is 4.17. The average Bonchev–Trinajstić information content (AvgIpc) is 3.24. The molecular formula is C25H23N3O5S. The number of rotatable bonds is 8. The third-order valence-corrected chi connectivity index (χ3v) is 6.31. The second-order valence-electron chi connectivity index (χ2n) is 7.59. The van der Waals surface area contributed by atoms with Gasteiger partial charge in [0.2, 0.25) is 0 Å². The van der Waals surface area contributed by atoms with Gasteiger partial charge in [0.15, 0.2) is 11.9 Å². The van der Waals surface area contributed by atoms with E-state index in [2.05, 4.69) is 15.2 Å². The lowest BCUT2D eigenvalue weighted by Gasteiger charge is -2.15. The van der Waals surface area contributed by atoms with Gasteiger partial charge in [-0.15, -0.1) is 0 Å². The van der Waals surface area contributed by atoms with Gasteiger partial charge in [-0.05, 0) is 61.4 Å². The van der Waals surface area contributed by atoms with Crippen molar-refractivity contribution < 1.29 is 22.5 Å². The first kappa shape index (κ1) is 23.1. The standard InChI is InChI=1S/C25H23N3O5S/c1-17-16-24(27-33-17)28-34(30,31)23-14-10-21(11-15-23)26-25(29)18(2)32-22-12-8-20(9-13-22)19-6-4-3-5-7-19/h3-16,18H,1-2H3,(H,26,29)(H,27,28)/t18-/m0/s1. The van der Waals surface area contributed by atoms with Crippen LogP contribution in [0.15, 0.2) is 94.3 Å². The van der Waals surface area contributed by atoms with Crippen LogP contribution in [0.1, 0.15) is 12.7 Å². The molecule has 34 heavy (non-hydrogen) atoms. The highest BCUT2D eigenvalue weighted by molar-refractivity contribution is 7.92. The Bertz CT molecular complexity index is 1370. The predicted molar refractivity (Wildman–Crippen MR) is 129 cm³/mol. The van der Waals surface area contributed by atoms with Crippen molar-refractivity contribution in [2.45, 2.75) is 24.8 Å². The summed E-state index contributed by atoms with van der Waals surface area (Å²) >= 11 is 0. The Morgan fingerprint density at radius 2 is 1.59 bits per heavy atom. The third-order valence-electron chi connectivity index (χ3n) is 4.94. The van der Waals surface area contributed by atoms with Crippen molar-refractivity contribution in [1.29, 1.82) is 0 Å². The topological polar surface area (TPSA) is 111 Å². The zero-order chi connectivity index (χ0) is 24.1. The van der Waals surface area contributed by atoms with Gasteiger partial charge in [0, 0.05) is 11.8 Å². The van der Waals surface area contributed by atoms with E-state index in [0.29, 0.717) is 17.2 Å². The van der Waals surface area contributed by atoms with Crippen LogP contribution in [0, 0.1) is 6.92 Å². The normalized spacial score (nSPS) is 12.1. The van der Waals surface area contributed by atoms with Gasteiger partial charge in [-0.3, -0.25) is 9.52 Å². The summed E-state index contributed by atoms with van der Waals surface area (Å²) in [6.45, 7) is 3.30. The Morgan fingerprint density at radius 1 is 0.941 bits per heavy atom. The number of sulfonamides is 1. The zero-order valence-electron chi connectivity index (χ0n) is 18.6. The molecule has 0 aliphatic heterocycles. The Hall–Kier alpha value is -4.11.